The number of halogens is 4. The largest absolute Gasteiger partial charge is 0.416 e. The topological polar surface area (TPSA) is 141 Å². The minimum atomic E-state index is -4.76. The second kappa shape index (κ2) is 11.3. The molecular formula is C23H21F4N5O4S. The minimum absolute atomic E-state index is 0.00612. The lowest BCUT2D eigenvalue weighted by atomic mass is 10.0. The molecular weight excluding hydrogens is 518 g/mol. The molecule has 0 bridgehead atoms. The molecule has 0 aliphatic carbocycles. The molecule has 5 N–H and O–H groups in total. The number of rotatable bonds is 9. The Hall–Kier alpha value is -4.04. The van der Waals surface area contributed by atoms with Gasteiger partial charge in [-0.15, -0.1) is 0 Å². The molecule has 0 radical (unpaired) electrons. The van der Waals surface area contributed by atoms with E-state index in [1.165, 1.54) is 25.3 Å². The van der Waals surface area contributed by atoms with Crippen LogP contribution in [0.2, 0.25) is 0 Å². The number of benzene rings is 2. The van der Waals surface area contributed by atoms with Gasteiger partial charge < -0.3 is 21.5 Å². The average Bonchev–Trinajstić information content (AvgIpc) is 3.24. The van der Waals surface area contributed by atoms with Crippen LogP contribution in [0, 0.1) is 5.82 Å². The van der Waals surface area contributed by atoms with Gasteiger partial charge in [-0.3, -0.25) is 19.3 Å². The molecule has 0 unspecified atom stereocenters. The number of alkyl halides is 3. The minimum Gasteiger partial charge on any atom is -0.395 e. The molecule has 9 nitrogen and oxygen atoms in total. The van der Waals surface area contributed by atoms with E-state index >= 15 is 0 Å². The fraction of sp³-hybridized carbons (Fsp3) is 0.217. The summed E-state index contributed by atoms with van der Waals surface area (Å²) in [6, 6.07) is 6.66. The number of hydrogen-bond acceptors (Lipinski definition) is 7. The van der Waals surface area contributed by atoms with Crippen LogP contribution in [-0.4, -0.2) is 42.4 Å². The number of nitrogens with two attached hydrogens (primary N) is 2. The summed E-state index contributed by atoms with van der Waals surface area (Å²) in [7, 11) is 1.39. The quantitative estimate of drug-likeness (QED) is 0.282. The summed E-state index contributed by atoms with van der Waals surface area (Å²) in [5.41, 5.74) is 9.02. The predicted molar refractivity (Wildman–Crippen MR) is 127 cm³/mol. The second-order valence-electron chi connectivity index (χ2n) is 7.60. The summed E-state index contributed by atoms with van der Waals surface area (Å²) < 4.78 is 62.9. The molecule has 14 heteroatoms. The zero-order valence-corrected chi connectivity index (χ0v) is 20.0. The highest BCUT2D eigenvalue weighted by Gasteiger charge is 2.38. The second-order valence-corrected chi connectivity index (χ2v) is 8.37. The van der Waals surface area contributed by atoms with Crippen molar-refractivity contribution < 1.29 is 36.7 Å². The molecule has 1 atom stereocenters. The maximum atomic E-state index is 13.8. The lowest BCUT2D eigenvalue weighted by molar-refractivity contribution is -0.137. The van der Waals surface area contributed by atoms with Gasteiger partial charge in [0.05, 0.1) is 17.9 Å². The van der Waals surface area contributed by atoms with Crippen molar-refractivity contribution in [1.29, 1.82) is 0 Å². The number of ether oxygens (including phenoxy) is 1. The number of primary amides is 1. The molecule has 3 aromatic rings. The van der Waals surface area contributed by atoms with Crippen LogP contribution in [0.15, 0.2) is 48.5 Å². The van der Waals surface area contributed by atoms with Crippen molar-refractivity contribution >= 4 is 40.6 Å². The van der Waals surface area contributed by atoms with Crippen LogP contribution in [0.1, 0.15) is 37.3 Å². The predicted octanol–water partition coefficient (Wildman–Crippen LogP) is 3.13. The van der Waals surface area contributed by atoms with E-state index in [0.29, 0.717) is 17.6 Å². The van der Waals surface area contributed by atoms with Gasteiger partial charge in [-0.1, -0.05) is 18.2 Å². The van der Waals surface area contributed by atoms with Crippen LogP contribution in [-0.2, 0) is 15.7 Å². The first-order valence-electron chi connectivity index (χ1n) is 10.5. The molecule has 0 spiro atoms. The number of aromatic nitrogens is 1. The van der Waals surface area contributed by atoms with E-state index in [4.69, 9.17) is 16.2 Å². The van der Waals surface area contributed by atoms with Gasteiger partial charge in [0.1, 0.15) is 16.7 Å². The summed E-state index contributed by atoms with van der Waals surface area (Å²) in [5, 5.41) is 2.54. The van der Waals surface area contributed by atoms with E-state index in [0.717, 1.165) is 29.2 Å². The fourth-order valence-corrected chi connectivity index (χ4v) is 4.13. The first kappa shape index (κ1) is 27.5. The van der Waals surface area contributed by atoms with Gasteiger partial charge in [-0.25, -0.2) is 4.39 Å². The van der Waals surface area contributed by atoms with Crippen LogP contribution in [0.4, 0.5) is 28.9 Å². The number of anilines is 2. The zero-order valence-electron chi connectivity index (χ0n) is 19.2. The smallest absolute Gasteiger partial charge is 0.395 e. The molecule has 0 saturated heterocycles. The SMILES string of the molecule is COCCNC(=O)[C@@H](c1ccc(F)cc1)N(C(=O)c1snc(C(N)=O)c1N)c1cccc(C(F)(F)F)c1. The van der Waals surface area contributed by atoms with Crippen molar-refractivity contribution in [3.8, 4) is 0 Å². The Kier molecular flexibility index (Phi) is 8.45. The summed E-state index contributed by atoms with van der Waals surface area (Å²) >= 11 is 0.493. The molecule has 2 aromatic carbocycles. The van der Waals surface area contributed by atoms with Crippen molar-refractivity contribution in [2.75, 3.05) is 30.9 Å². The van der Waals surface area contributed by atoms with Gasteiger partial charge in [0.25, 0.3) is 11.8 Å². The Morgan fingerprint density at radius 2 is 1.84 bits per heavy atom. The van der Waals surface area contributed by atoms with E-state index in [-0.39, 0.29) is 29.3 Å². The highest BCUT2D eigenvalue weighted by Crippen LogP contribution is 2.37. The lowest BCUT2D eigenvalue weighted by Gasteiger charge is -2.31. The van der Waals surface area contributed by atoms with E-state index in [9.17, 15) is 31.9 Å². The van der Waals surface area contributed by atoms with Gasteiger partial charge in [0, 0.05) is 19.3 Å². The van der Waals surface area contributed by atoms with Crippen LogP contribution in [0.25, 0.3) is 0 Å². The molecule has 3 rings (SSSR count). The van der Waals surface area contributed by atoms with Crippen molar-refractivity contribution in [1.82, 2.24) is 9.69 Å². The molecule has 1 aromatic heterocycles. The summed E-state index contributed by atoms with van der Waals surface area (Å²) in [6.07, 6.45) is -4.76. The Bertz CT molecular complexity index is 1300. The summed E-state index contributed by atoms with van der Waals surface area (Å²) in [5.74, 6) is -3.49. The third kappa shape index (κ3) is 6.21. The number of nitrogens with one attached hydrogen (secondary N) is 1. The first-order valence-corrected chi connectivity index (χ1v) is 11.3. The Labute approximate surface area is 212 Å². The number of hydrogen-bond donors (Lipinski definition) is 3. The zero-order chi connectivity index (χ0) is 27.3. The van der Waals surface area contributed by atoms with Gasteiger partial charge in [0.2, 0.25) is 5.91 Å². The van der Waals surface area contributed by atoms with E-state index in [2.05, 4.69) is 9.69 Å². The normalized spacial score (nSPS) is 12.1. The molecule has 37 heavy (non-hydrogen) atoms. The van der Waals surface area contributed by atoms with Crippen LogP contribution >= 0.6 is 11.5 Å². The number of amides is 3. The van der Waals surface area contributed by atoms with Gasteiger partial charge in [-0.05, 0) is 47.4 Å². The number of nitrogen functional groups attached to an aromatic ring is 1. The summed E-state index contributed by atoms with van der Waals surface area (Å²) in [4.78, 5) is 39.2. The maximum Gasteiger partial charge on any atom is 0.416 e. The van der Waals surface area contributed by atoms with Crippen LogP contribution in [0.3, 0.4) is 0 Å². The fourth-order valence-electron chi connectivity index (χ4n) is 3.39. The molecule has 0 aliphatic rings. The van der Waals surface area contributed by atoms with Crippen molar-refractivity contribution in [2.24, 2.45) is 5.73 Å². The summed E-state index contributed by atoms with van der Waals surface area (Å²) in [6.45, 7) is 0.106. The van der Waals surface area contributed by atoms with E-state index in [1.807, 2.05) is 0 Å². The molecule has 0 aliphatic heterocycles. The first-order chi connectivity index (χ1) is 17.5. The van der Waals surface area contributed by atoms with Crippen LogP contribution < -0.4 is 21.7 Å². The van der Waals surface area contributed by atoms with Gasteiger partial charge in [0.15, 0.2) is 5.69 Å². The Morgan fingerprint density at radius 1 is 1.16 bits per heavy atom. The van der Waals surface area contributed by atoms with Crippen LogP contribution in [0.5, 0.6) is 0 Å². The molecule has 3 amide bonds. The Morgan fingerprint density at radius 3 is 2.41 bits per heavy atom. The molecule has 196 valence electrons. The lowest BCUT2D eigenvalue weighted by Crippen LogP contribution is -2.44. The number of nitrogens with zero attached hydrogens (tertiary/aromatic N) is 2. The van der Waals surface area contributed by atoms with Crippen molar-refractivity contribution in [2.45, 2.75) is 12.2 Å². The van der Waals surface area contributed by atoms with Crippen molar-refractivity contribution in [3.05, 3.63) is 76.0 Å². The van der Waals surface area contributed by atoms with E-state index < -0.39 is 52.7 Å². The number of carbonyl (C=O) groups is 3. The average molecular weight is 540 g/mol. The van der Waals surface area contributed by atoms with Gasteiger partial charge >= 0.3 is 6.18 Å². The number of methoxy groups -OCH3 is 1. The molecule has 1 heterocycles. The molecule has 0 fully saturated rings. The highest BCUT2D eigenvalue weighted by atomic mass is 32.1. The maximum absolute atomic E-state index is 13.8. The standard InChI is InChI=1S/C23H21F4N5O4S/c1-36-10-9-30-21(34)18(12-5-7-14(24)8-6-12)32(15-4-2-3-13(11-15)23(25,26)27)22(35)19-16(28)17(20(29)33)31-37-19/h2-8,11,18H,9-10,28H2,1H3,(H2,29,33)(H,30,34)/t18-/m1/s1. The third-order valence-corrected chi connectivity index (χ3v) is 5.97. The Balaban J connectivity index is 2.24. The third-order valence-electron chi connectivity index (χ3n) is 5.12. The highest BCUT2D eigenvalue weighted by molar-refractivity contribution is 7.09. The monoisotopic (exact) mass is 539 g/mol. The van der Waals surface area contributed by atoms with Gasteiger partial charge in [-0.2, -0.15) is 17.5 Å². The van der Waals surface area contributed by atoms with E-state index in [1.54, 1.807) is 0 Å². The molecule has 0 saturated carbocycles. The van der Waals surface area contributed by atoms with Crippen molar-refractivity contribution in [3.63, 3.8) is 0 Å². The number of carbonyl (C=O) groups excluding carboxylic acids is 3.